The Morgan fingerprint density at radius 2 is 2.18 bits per heavy atom. The fourth-order valence-corrected chi connectivity index (χ4v) is 3.20. The van der Waals surface area contributed by atoms with Gasteiger partial charge in [-0.25, -0.2) is 0 Å². The van der Waals surface area contributed by atoms with Crippen LogP contribution in [0, 0.1) is 0 Å². The van der Waals surface area contributed by atoms with Crippen LogP contribution in [0.3, 0.4) is 0 Å². The van der Waals surface area contributed by atoms with Gasteiger partial charge in [0, 0.05) is 24.5 Å². The molecule has 120 valence electrons. The highest BCUT2D eigenvalue weighted by Crippen LogP contribution is 2.36. The number of hydrogen-bond acceptors (Lipinski definition) is 4. The highest BCUT2D eigenvalue weighted by Gasteiger charge is 2.28. The number of para-hydroxylation sites is 1. The molecule has 2 N–H and O–H groups in total. The maximum Gasteiger partial charge on any atom is 0.238 e. The van der Waals surface area contributed by atoms with Crippen molar-refractivity contribution >= 4 is 29.3 Å². The molecule has 1 aliphatic heterocycles. The van der Waals surface area contributed by atoms with Crippen LogP contribution < -0.4 is 10.6 Å². The van der Waals surface area contributed by atoms with E-state index in [9.17, 15) is 9.59 Å². The van der Waals surface area contributed by atoms with E-state index in [0.717, 1.165) is 17.0 Å². The molecule has 1 heterocycles. The normalized spacial score (nSPS) is 17.0. The first-order valence-electron chi connectivity index (χ1n) is 7.51. The molecule has 0 fully saturated rings. The molecular weight excluding hydrogens is 300 g/mol. The van der Waals surface area contributed by atoms with Gasteiger partial charge >= 0.3 is 0 Å². The second-order valence-corrected chi connectivity index (χ2v) is 6.66. The minimum absolute atomic E-state index is 0.100. The Morgan fingerprint density at radius 1 is 1.41 bits per heavy atom. The van der Waals surface area contributed by atoms with Crippen molar-refractivity contribution in [2.75, 3.05) is 18.5 Å². The van der Waals surface area contributed by atoms with Gasteiger partial charge in [0.05, 0.1) is 17.0 Å². The first-order valence-corrected chi connectivity index (χ1v) is 8.39. The maximum absolute atomic E-state index is 12.0. The molecule has 1 atom stereocenters. The maximum atomic E-state index is 12.0. The van der Waals surface area contributed by atoms with E-state index >= 15 is 0 Å². The van der Waals surface area contributed by atoms with Crippen molar-refractivity contribution < 1.29 is 14.3 Å². The van der Waals surface area contributed by atoms with Crippen LogP contribution in [0.2, 0.25) is 0 Å². The molecule has 1 aromatic rings. The number of carbonyl (C=O) groups excluding carboxylic acids is 2. The lowest BCUT2D eigenvalue weighted by molar-refractivity contribution is -0.124. The third-order valence-electron chi connectivity index (χ3n) is 3.17. The number of ether oxygens (including phenoxy) is 1. The molecule has 0 bridgehead atoms. The molecular formula is C16H22N2O3S. The topological polar surface area (TPSA) is 67.4 Å². The standard InChI is InChI=1S/C16H22N2O3S/c1-11(2)21-9-5-8-17-15(19)10-14-16(20)18-12-6-3-4-7-13(12)22-14/h3-4,6-7,11,14H,5,8-10H2,1-2H3,(H,17,19)(H,18,20)/t14-/m1/s1. The quantitative estimate of drug-likeness (QED) is 0.757. The number of amides is 2. The van der Waals surface area contributed by atoms with Crippen LogP contribution in [-0.4, -0.2) is 36.3 Å². The third-order valence-corrected chi connectivity index (χ3v) is 4.45. The van der Waals surface area contributed by atoms with Gasteiger partial charge in [-0.3, -0.25) is 9.59 Å². The zero-order valence-electron chi connectivity index (χ0n) is 12.9. The average molecular weight is 322 g/mol. The van der Waals surface area contributed by atoms with E-state index in [-0.39, 0.29) is 29.6 Å². The summed E-state index contributed by atoms with van der Waals surface area (Å²) in [4.78, 5) is 24.9. The van der Waals surface area contributed by atoms with Crippen LogP contribution in [0.4, 0.5) is 5.69 Å². The number of hydrogen-bond donors (Lipinski definition) is 2. The van der Waals surface area contributed by atoms with Gasteiger partial charge in [-0.05, 0) is 32.4 Å². The van der Waals surface area contributed by atoms with Gasteiger partial charge < -0.3 is 15.4 Å². The van der Waals surface area contributed by atoms with Gasteiger partial charge in [-0.15, -0.1) is 11.8 Å². The fourth-order valence-electron chi connectivity index (χ4n) is 2.09. The van der Waals surface area contributed by atoms with Gasteiger partial charge in [-0.1, -0.05) is 12.1 Å². The second-order valence-electron chi connectivity index (χ2n) is 5.42. The van der Waals surface area contributed by atoms with Crippen LogP contribution in [0.25, 0.3) is 0 Å². The predicted octanol–water partition coefficient (Wildman–Crippen LogP) is 2.42. The summed E-state index contributed by atoms with van der Waals surface area (Å²) < 4.78 is 5.41. The summed E-state index contributed by atoms with van der Waals surface area (Å²) in [6, 6.07) is 7.62. The Balaban J connectivity index is 1.74. The molecule has 1 aromatic carbocycles. The largest absolute Gasteiger partial charge is 0.379 e. The van der Waals surface area contributed by atoms with E-state index in [1.54, 1.807) is 0 Å². The molecule has 2 amide bonds. The van der Waals surface area contributed by atoms with Crippen molar-refractivity contribution in [3.8, 4) is 0 Å². The third kappa shape index (κ3) is 5.03. The Labute approximate surface area is 135 Å². The first-order chi connectivity index (χ1) is 10.6. The SMILES string of the molecule is CC(C)OCCCNC(=O)C[C@H]1Sc2ccccc2NC1=O. The Morgan fingerprint density at radius 3 is 2.95 bits per heavy atom. The number of carbonyl (C=O) groups is 2. The van der Waals surface area contributed by atoms with Crippen molar-refractivity contribution in [2.45, 2.75) is 42.9 Å². The molecule has 0 saturated heterocycles. The molecule has 6 heteroatoms. The summed E-state index contributed by atoms with van der Waals surface area (Å²) in [5.74, 6) is -0.210. The highest BCUT2D eigenvalue weighted by atomic mass is 32.2. The lowest BCUT2D eigenvalue weighted by atomic mass is 10.2. The predicted molar refractivity (Wildman–Crippen MR) is 88.0 cm³/mol. The van der Waals surface area contributed by atoms with E-state index in [2.05, 4.69) is 10.6 Å². The van der Waals surface area contributed by atoms with Gasteiger partial charge in [-0.2, -0.15) is 0 Å². The van der Waals surface area contributed by atoms with Crippen LogP contribution in [0.1, 0.15) is 26.7 Å². The number of thioether (sulfide) groups is 1. The van der Waals surface area contributed by atoms with Crippen LogP contribution in [0.15, 0.2) is 29.2 Å². The van der Waals surface area contributed by atoms with Crippen molar-refractivity contribution in [1.82, 2.24) is 5.32 Å². The second kappa shape index (κ2) is 8.19. The zero-order chi connectivity index (χ0) is 15.9. The van der Waals surface area contributed by atoms with Gasteiger partial charge in [0.15, 0.2) is 0 Å². The lowest BCUT2D eigenvalue weighted by Gasteiger charge is -2.23. The van der Waals surface area contributed by atoms with Crippen molar-refractivity contribution in [2.24, 2.45) is 0 Å². The lowest BCUT2D eigenvalue weighted by Crippen LogP contribution is -2.35. The van der Waals surface area contributed by atoms with Gasteiger partial charge in [0.2, 0.25) is 11.8 Å². The summed E-state index contributed by atoms with van der Waals surface area (Å²) >= 11 is 1.44. The van der Waals surface area contributed by atoms with E-state index in [1.165, 1.54) is 11.8 Å². The Kier molecular flexibility index (Phi) is 6.27. The molecule has 5 nitrogen and oxygen atoms in total. The summed E-state index contributed by atoms with van der Waals surface area (Å²) in [5.41, 5.74) is 0.819. The molecule has 0 aromatic heterocycles. The van der Waals surface area contributed by atoms with E-state index in [0.29, 0.717) is 13.2 Å². The van der Waals surface area contributed by atoms with Crippen LogP contribution >= 0.6 is 11.8 Å². The van der Waals surface area contributed by atoms with Crippen molar-refractivity contribution in [1.29, 1.82) is 0 Å². The minimum Gasteiger partial charge on any atom is -0.379 e. The molecule has 22 heavy (non-hydrogen) atoms. The Hall–Kier alpha value is -1.53. The molecule has 1 aliphatic rings. The first kappa shape index (κ1) is 16.8. The van der Waals surface area contributed by atoms with Gasteiger partial charge in [0.1, 0.15) is 0 Å². The smallest absolute Gasteiger partial charge is 0.238 e. The summed E-state index contributed by atoms with van der Waals surface area (Å²) in [6.07, 6.45) is 1.17. The summed E-state index contributed by atoms with van der Waals surface area (Å²) in [5, 5.41) is 5.31. The fraction of sp³-hybridized carbons (Fsp3) is 0.500. The molecule has 0 radical (unpaired) electrons. The highest BCUT2D eigenvalue weighted by molar-refractivity contribution is 8.01. The number of benzene rings is 1. The van der Waals surface area contributed by atoms with E-state index in [1.807, 2.05) is 38.1 Å². The van der Waals surface area contributed by atoms with Crippen molar-refractivity contribution in [3.05, 3.63) is 24.3 Å². The number of nitrogens with one attached hydrogen (secondary N) is 2. The van der Waals surface area contributed by atoms with Crippen LogP contribution in [0.5, 0.6) is 0 Å². The van der Waals surface area contributed by atoms with Crippen molar-refractivity contribution in [3.63, 3.8) is 0 Å². The Bertz CT molecular complexity index is 534. The summed E-state index contributed by atoms with van der Waals surface area (Å²) in [6.45, 7) is 5.16. The average Bonchev–Trinajstić information content (AvgIpc) is 2.47. The molecule has 0 spiro atoms. The molecule has 0 aliphatic carbocycles. The minimum atomic E-state index is -0.373. The van der Waals surface area contributed by atoms with E-state index in [4.69, 9.17) is 4.74 Å². The monoisotopic (exact) mass is 322 g/mol. The number of fused-ring (bicyclic) bond motifs is 1. The molecule has 0 unspecified atom stereocenters. The molecule has 2 rings (SSSR count). The van der Waals surface area contributed by atoms with Crippen LogP contribution in [-0.2, 0) is 14.3 Å². The number of anilines is 1. The van der Waals surface area contributed by atoms with Gasteiger partial charge in [0.25, 0.3) is 0 Å². The zero-order valence-corrected chi connectivity index (χ0v) is 13.7. The summed E-state index contributed by atoms with van der Waals surface area (Å²) in [7, 11) is 0. The number of rotatable bonds is 7. The molecule has 0 saturated carbocycles. The van der Waals surface area contributed by atoms with E-state index < -0.39 is 0 Å².